The number of benzene rings is 2. The molecule has 154 valence electrons. The monoisotopic (exact) mass is 405 g/mol. The Morgan fingerprint density at radius 1 is 1.10 bits per heavy atom. The predicted molar refractivity (Wildman–Crippen MR) is 111 cm³/mol. The number of esters is 1. The largest absolute Gasteiger partial charge is 0.465 e. The zero-order chi connectivity index (χ0) is 21.0. The fourth-order valence-corrected chi connectivity index (χ4v) is 4.68. The molecule has 2 heterocycles. The van der Waals surface area contributed by atoms with Gasteiger partial charge in [-0.1, -0.05) is 26.0 Å². The highest BCUT2D eigenvalue weighted by Gasteiger charge is 2.41. The maximum atomic E-state index is 13.3. The topological polar surface area (TPSA) is 73.9 Å². The van der Waals surface area contributed by atoms with Crippen LogP contribution in [0.1, 0.15) is 54.1 Å². The number of nitrogens with one attached hydrogen (secondary N) is 1. The number of rotatable bonds is 2. The standard InChI is InChI=1S/C24H23NO5/c1-24(2)10-17-22(18(26)11-24)21(13-4-6-14(7-5-13)23(27)28-3)15-8-19-20(30-12-29-19)9-16(15)25-17/h4-9,21,25H,10-12H2,1-3H3/t21-/m1/s1. The van der Waals surface area contributed by atoms with Crippen LogP contribution in [0.25, 0.3) is 0 Å². The fraction of sp³-hybridized carbons (Fsp3) is 0.333. The molecule has 2 aliphatic heterocycles. The average Bonchev–Trinajstić information content (AvgIpc) is 3.16. The van der Waals surface area contributed by atoms with Crippen molar-refractivity contribution >= 4 is 17.4 Å². The van der Waals surface area contributed by atoms with Crippen molar-refractivity contribution in [3.63, 3.8) is 0 Å². The molecular weight excluding hydrogens is 382 g/mol. The summed E-state index contributed by atoms with van der Waals surface area (Å²) in [6.45, 7) is 4.42. The summed E-state index contributed by atoms with van der Waals surface area (Å²) in [6, 6.07) is 11.2. The van der Waals surface area contributed by atoms with Crippen molar-refractivity contribution in [2.45, 2.75) is 32.6 Å². The van der Waals surface area contributed by atoms with E-state index < -0.39 is 0 Å². The van der Waals surface area contributed by atoms with E-state index in [0.29, 0.717) is 23.5 Å². The van der Waals surface area contributed by atoms with Crippen LogP contribution < -0.4 is 14.8 Å². The molecule has 0 saturated carbocycles. The Kier molecular flexibility index (Phi) is 4.13. The molecule has 3 aliphatic rings. The van der Waals surface area contributed by atoms with E-state index in [0.717, 1.165) is 34.5 Å². The lowest BCUT2D eigenvalue weighted by molar-refractivity contribution is -0.118. The van der Waals surface area contributed by atoms with Gasteiger partial charge in [0.25, 0.3) is 0 Å². The van der Waals surface area contributed by atoms with Gasteiger partial charge in [-0.2, -0.15) is 0 Å². The van der Waals surface area contributed by atoms with Crippen LogP contribution in [0.15, 0.2) is 47.7 Å². The van der Waals surface area contributed by atoms with E-state index in [4.69, 9.17) is 14.2 Å². The molecule has 5 rings (SSSR count). The molecule has 2 aromatic carbocycles. The van der Waals surface area contributed by atoms with Crippen molar-refractivity contribution in [2.24, 2.45) is 5.41 Å². The first-order chi connectivity index (χ1) is 14.4. The Bertz CT molecular complexity index is 1100. The minimum atomic E-state index is -0.383. The first kappa shape index (κ1) is 18.7. The van der Waals surface area contributed by atoms with Gasteiger partial charge in [0.05, 0.1) is 12.7 Å². The van der Waals surface area contributed by atoms with Crippen LogP contribution in [-0.4, -0.2) is 25.7 Å². The van der Waals surface area contributed by atoms with E-state index in [1.165, 1.54) is 7.11 Å². The molecule has 0 bridgehead atoms. The number of hydrogen-bond donors (Lipinski definition) is 1. The summed E-state index contributed by atoms with van der Waals surface area (Å²) in [4.78, 5) is 25.1. The summed E-state index contributed by atoms with van der Waals surface area (Å²) in [7, 11) is 1.36. The third-order valence-corrected chi connectivity index (χ3v) is 6.02. The highest BCUT2D eigenvalue weighted by Crippen LogP contribution is 2.51. The Hall–Kier alpha value is -3.28. The Morgan fingerprint density at radius 3 is 2.50 bits per heavy atom. The summed E-state index contributed by atoms with van der Waals surface area (Å²) in [5, 5.41) is 3.50. The van der Waals surface area contributed by atoms with Crippen molar-refractivity contribution in [3.8, 4) is 11.5 Å². The fourth-order valence-electron chi connectivity index (χ4n) is 4.68. The first-order valence-electron chi connectivity index (χ1n) is 10.0. The number of fused-ring (bicyclic) bond motifs is 2. The number of methoxy groups -OCH3 is 1. The smallest absolute Gasteiger partial charge is 0.337 e. The van der Waals surface area contributed by atoms with Crippen LogP contribution in [0, 0.1) is 5.41 Å². The van der Waals surface area contributed by atoms with Gasteiger partial charge in [0.2, 0.25) is 6.79 Å². The van der Waals surface area contributed by atoms with Gasteiger partial charge in [0.1, 0.15) is 0 Å². The van der Waals surface area contributed by atoms with E-state index >= 15 is 0 Å². The van der Waals surface area contributed by atoms with Gasteiger partial charge in [-0.3, -0.25) is 4.79 Å². The van der Waals surface area contributed by atoms with Crippen molar-refractivity contribution in [3.05, 3.63) is 64.4 Å². The number of ether oxygens (including phenoxy) is 3. The first-order valence-corrected chi connectivity index (χ1v) is 10.0. The molecule has 0 fully saturated rings. The van der Waals surface area contributed by atoms with Crippen LogP contribution in [0.4, 0.5) is 5.69 Å². The zero-order valence-electron chi connectivity index (χ0n) is 17.2. The average molecular weight is 405 g/mol. The highest BCUT2D eigenvalue weighted by atomic mass is 16.7. The van der Waals surface area contributed by atoms with Gasteiger partial charge in [0, 0.05) is 35.4 Å². The molecule has 6 heteroatoms. The molecule has 0 spiro atoms. The molecular formula is C24H23NO5. The number of ketones is 1. The molecule has 1 atom stereocenters. The lowest BCUT2D eigenvalue weighted by Gasteiger charge is -2.39. The highest BCUT2D eigenvalue weighted by molar-refractivity contribution is 6.02. The molecule has 0 amide bonds. The molecule has 30 heavy (non-hydrogen) atoms. The molecule has 6 nitrogen and oxygen atoms in total. The van der Waals surface area contributed by atoms with Crippen molar-refractivity contribution in [2.75, 3.05) is 19.2 Å². The number of allylic oxidation sites excluding steroid dienone is 2. The van der Waals surface area contributed by atoms with Crippen LogP contribution >= 0.6 is 0 Å². The summed E-state index contributed by atoms with van der Waals surface area (Å²) in [6.07, 6.45) is 1.29. The van der Waals surface area contributed by atoms with Gasteiger partial charge in [0.15, 0.2) is 17.3 Å². The van der Waals surface area contributed by atoms with Gasteiger partial charge < -0.3 is 19.5 Å². The van der Waals surface area contributed by atoms with Crippen molar-refractivity contribution < 1.29 is 23.8 Å². The maximum absolute atomic E-state index is 13.3. The Balaban J connectivity index is 1.67. The lowest BCUT2D eigenvalue weighted by Crippen LogP contribution is -2.33. The number of Topliss-reactive ketones (excluding diaryl/α,β-unsaturated/α-hetero) is 1. The molecule has 0 radical (unpaired) electrons. The third kappa shape index (κ3) is 2.95. The van der Waals surface area contributed by atoms with Crippen LogP contribution in [-0.2, 0) is 9.53 Å². The van der Waals surface area contributed by atoms with Crippen LogP contribution in [0.2, 0.25) is 0 Å². The molecule has 1 N–H and O–H groups in total. The van der Waals surface area contributed by atoms with E-state index in [1.54, 1.807) is 12.1 Å². The Morgan fingerprint density at radius 2 is 1.80 bits per heavy atom. The Labute approximate surface area is 174 Å². The van der Waals surface area contributed by atoms with Crippen molar-refractivity contribution in [1.82, 2.24) is 0 Å². The normalized spacial score (nSPS) is 20.9. The van der Waals surface area contributed by atoms with Crippen LogP contribution in [0.3, 0.4) is 0 Å². The minimum absolute atomic E-state index is 0.101. The lowest BCUT2D eigenvalue weighted by atomic mass is 9.68. The second-order valence-electron chi connectivity index (χ2n) is 8.80. The van der Waals surface area contributed by atoms with Gasteiger partial charge in [-0.25, -0.2) is 4.79 Å². The third-order valence-electron chi connectivity index (χ3n) is 6.02. The van der Waals surface area contributed by atoms with E-state index in [9.17, 15) is 9.59 Å². The molecule has 0 aromatic heterocycles. The summed E-state index contributed by atoms with van der Waals surface area (Å²) < 4.78 is 16.0. The summed E-state index contributed by atoms with van der Waals surface area (Å²) >= 11 is 0. The van der Waals surface area contributed by atoms with Gasteiger partial charge in [-0.15, -0.1) is 0 Å². The van der Waals surface area contributed by atoms with Crippen molar-refractivity contribution in [1.29, 1.82) is 0 Å². The quantitative estimate of drug-likeness (QED) is 0.747. The maximum Gasteiger partial charge on any atom is 0.337 e. The molecule has 1 aliphatic carbocycles. The predicted octanol–water partition coefficient (Wildman–Crippen LogP) is 4.40. The number of carbonyl (C=O) groups excluding carboxylic acids is 2. The molecule has 2 aromatic rings. The second kappa shape index (κ2) is 6.62. The summed E-state index contributed by atoms with van der Waals surface area (Å²) in [5.41, 5.74) is 4.98. The van der Waals surface area contributed by atoms with E-state index in [1.807, 2.05) is 24.3 Å². The van der Waals surface area contributed by atoms with Gasteiger partial charge >= 0.3 is 5.97 Å². The zero-order valence-corrected chi connectivity index (χ0v) is 17.2. The van der Waals surface area contributed by atoms with E-state index in [2.05, 4.69) is 19.2 Å². The summed E-state index contributed by atoms with van der Waals surface area (Å²) in [5.74, 6) is 0.914. The number of hydrogen-bond acceptors (Lipinski definition) is 6. The van der Waals surface area contributed by atoms with Crippen LogP contribution in [0.5, 0.6) is 11.5 Å². The second-order valence-corrected chi connectivity index (χ2v) is 8.80. The SMILES string of the molecule is COC(=O)c1ccc([C@H]2C3=C(CC(C)(C)CC3=O)Nc3cc4c(cc32)OCO4)cc1. The molecule has 0 saturated heterocycles. The number of anilines is 1. The van der Waals surface area contributed by atoms with Gasteiger partial charge in [-0.05, 0) is 41.2 Å². The van der Waals surface area contributed by atoms with E-state index in [-0.39, 0.29) is 29.9 Å². The number of carbonyl (C=O) groups is 2. The minimum Gasteiger partial charge on any atom is -0.465 e. The molecule has 0 unspecified atom stereocenters.